The van der Waals surface area contributed by atoms with Crippen molar-refractivity contribution in [2.45, 2.75) is 396 Å². The van der Waals surface area contributed by atoms with Gasteiger partial charge < -0.3 is 40.4 Å². The van der Waals surface area contributed by atoms with E-state index in [1.807, 2.05) is 69.0 Å². The monoisotopic (exact) mass is 1770 g/mol. The fraction of sp³-hybridized carbons (Fsp3) is 0.675. The van der Waals surface area contributed by atoms with Gasteiger partial charge in [0.2, 0.25) is 6.79 Å². The van der Waals surface area contributed by atoms with E-state index < -0.39 is 0 Å². The van der Waals surface area contributed by atoms with Crippen LogP contribution in [0.4, 0.5) is 0 Å². The summed E-state index contributed by atoms with van der Waals surface area (Å²) in [5.74, 6) is 27.6. The van der Waals surface area contributed by atoms with Gasteiger partial charge in [-0.1, -0.05) is 315 Å². The summed E-state index contributed by atoms with van der Waals surface area (Å²) in [6, 6.07) is 35.7. The summed E-state index contributed by atoms with van der Waals surface area (Å²) in [6.45, 7) is 99.4. The zero-order valence-electron chi connectivity index (χ0n) is 89.3. The molecule has 1 aliphatic heterocycles. The molecule has 7 aromatic heterocycles. The number of aryl methyl sites for hydroxylation is 3. The molecule has 127 heavy (non-hydrogen) atoms. The van der Waals surface area contributed by atoms with Crippen molar-refractivity contribution < 1.29 is 40.4 Å². The van der Waals surface area contributed by atoms with Gasteiger partial charge in [0.25, 0.3) is 0 Å². The van der Waals surface area contributed by atoms with Crippen molar-refractivity contribution >= 4 is 22.6 Å². The highest BCUT2D eigenvalue weighted by atomic mass is 35.5. The van der Waals surface area contributed by atoms with E-state index in [1.165, 1.54) is 64.8 Å². The van der Waals surface area contributed by atoms with Gasteiger partial charge in [-0.25, -0.2) is 0 Å². The molecule has 0 saturated heterocycles. The van der Waals surface area contributed by atoms with Crippen LogP contribution in [0.25, 0.3) is 11.0 Å². The Balaban J connectivity index is 0.000000301. The van der Waals surface area contributed by atoms with Crippen molar-refractivity contribution in [1.29, 1.82) is 0 Å². The minimum Gasteiger partial charge on any atom is -0.469 e. The van der Waals surface area contributed by atoms with Crippen molar-refractivity contribution in [3.8, 4) is 11.5 Å². The number of fused-ring (bicyclic) bond motifs is 2. The molecule has 0 bridgehead atoms. The third-order valence-electron chi connectivity index (χ3n) is 26.4. The minimum absolute atomic E-state index is 0.204. The van der Waals surface area contributed by atoms with Gasteiger partial charge >= 0.3 is 0 Å². The van der Waals surface area contributed by atoms with Gasteiger partial charge in [0.1, 0.15) is 57.4 Å². The second-order valence-corrected chi connectivity index (χ2v) is 47.2. The summed E-state index contributed by atoms with van der Waals surface area (Å²) in [7, 11) is 0. The van der Waals surface area contributed by atoms with E-state index in [0.717, 1.165) is 87.5 Å². The molecule has 2 aliphatic carbocycles. The molecule has 10 heteroatoms. The van der Waals surface area contributed by atoms with Crippen LogP contribution in [0, 0.1) is 124 Å². The van der Waals surface area contributed by atoms with Crippen molar-refractivity contribution in [3.05, 3.63) is 201 Å². The number of hydrogen-bond donors (Lipinski definition) is 0. The summed E-state index contributed by atoms with van der Waals surface area (Å²) in [4.78, 5) is 0. The zero-order valence-corrected chi connectivity index (χ0v) is 90.0. The van der Waals surface area contributed by atoms with E-state index in [4.69, 9.17) is 52.0 Å². The first-order chi connectivity index (χ1) is 58.7. The molecular weight excluding hydrogens is 1580 g/mol. The lowest BCUT2D eigenvalue weighted by Crippen LogP contribution is -2.23. The number of benzene rings is 2. The number of ether oxygens (including phenoxy) is 2. The smallest absolute Gasteiger partial charge is 0.231 e. The summed E-state index contributed by atoms with van der Waals surface area (Å²) in [5, 5.41) is 1.69. The molecule has 8 heterocycles. The Morgan fingerprint density at radius 3 is 1.08 bits per heavy atom. The number of rotatable bonds is 25. The van der Waals surface area contributed by atoms with Gasteiger partial charge in [0, 0.05) is 46.8 Å². The molecule has 3 aliphatic rings. The maximum Gasteiger partial charge on any atom is 0.231 e. The normalized spacial score (nSPS) is 15.1. The summed E-state index contributed by atoms with van der Waals surface area (Å²) < 4.78 is 50.8. The molecule has 2 saturated carbocycles. The van der Waals surface area contributed by atoms with Crippen LogP contribution in [-0.4, -0.2) is 6.79 Å². The van der Waals surface area contributed by atoms with Crippen molar-refractivity contribution in [1.82, 2.24) is 0 Å². The Morgan fingerprint density at radius 2 is 0.724 bits per heavy atom. The molecule has 0 N–H and O–H groups in total. The van der Waals surface area contributed by atoms with Crippen LogP contribution in [-0.2, 0) is 6.42 Å². The molecule has 718 valence electrons. The van der Waals surface area contributed by atoms with Crippen LogP contribution in [0.3, 0.4) is 0 Å². The SMILES string of the molecule is CC(C)C(c1cc2ccccc2o1)C(C)C.CC(C)[C@@H](C)C(C)(C)C.CC(C)[C@@H](c1ccc(Cl)o1)C(C)(C)C.CC(C)[C@@H](c1ccc2c(c1)OCO2)C(C)(C)C.CC(C)c1coc(C(C(C)C)C(C)C)c1.CC(C)c1coc([C@H](C(C)C)C2CC2)c1.CCc1coc([C@H](C(C)C)C(C)(C)C)c1.Cc1ccc(C(C(C)C)C(C)C)o1.Cc1ccc([C@H](C(C)C)C2CC2)o1. The van der Waals surface area contributed by atoms with Crippen LogP contribution >= 0.6 is 11.6 Å². The highest BCUT2D eigenvalue weighted by Gasteiger charge is 2.39. The number of hydrogen-bond acceptors (Lipinski definition) is 9. The van der Waals surface area contributed by atoms with Crippen LogP contribution in [0.1, 0.15) is 450 Å². The van der Waals surface area contributed by atoms with E-state index in [-0.39, 0.29) is 16.2 Å². The Labute approximate surface area is 783 Å². The zero-order chi connectivity index (χ0) is 96.6. The minimum atomic E-state index is 0.204. The average molecular weight is 1780 g/mol. The van der Waals surface area contributed by atoms with Crippen LogP contribution in [0.2, 0.25) is 5.22 Å². The van der Waals surface area contributed by atoms with Crippen molar-refractivity contribution in [2.75, 3.05) is 6.79 Å². The standard InChI is InChI=1S/C15H22O2.C15H20O.C14H22O.2C14H24O.C12H19ClO.C12H18O.C12H20O.C9H20/c1-10(2)14(15(3,4)5)11-6-7-12-13(8-11)17-9-16-12;1-10(2)15(11(3)4)14-9-12-7-5-6-8-13(12)16-14;1-9(2)12-7-13(15-8-12)14(10(3)4)11-5-6-11;1-9(2)12-7-13(15-8-12)14(10(3)4)11(5)6;1-7-11-8-12(15-9-11)13(10(2)3)14(4,5)6;1-8(2)11(12(3,4)5)9-6-7-10(13)14-9;1-8(2)12(10-5-6-10)11-7-4-9(3)13-11;1-8(2)12(9(3)4)11-7-6-10(5)13-11;1-7(2)8(3)9(4,5)6/h6-8,10,14H,9H2,1-5H3;5-11,15H,1-4H3;7-11,14H,5-6H2,1-4H3;7-11,14H,1-6H3;8-10,13H,7H2,1-6H3;6-8,11H,1-5H3;4,7-8,10,12H,5-6H2,1-3H3;6-9,12H,1-5H3;7-8H,1-6H3/t14-;;14-;;13-;11-;12-;;8-/m0.1.001.1/s1. The second-order valence-electron chi connectivity index (χ2n) is 46.8. The molecule has 0 spiro atoms. The molecule has 2 aromatic carbocycles. The first-order valence-electron chi connectivity index (χ1n) is 49.7. The lowest BCUT2D eigenvalue weighted by Gasteiger charge is -2.34. The number of furan rings is 7. The van der Waals surface area contributed by atoms with E-state index in [1.54, 1.807) is 0 Å². The van der Waals surface area contributed by atoms with Gasteiger partial charge in [-0.15, -0.1) is 0 Å². The fourth-order valence-electron chi connectivity index (χ4n) is 20.3. The lowest BCUT2D eigenvalue weighted by molar-refractivity contribution is 0.174. The first kappa shape index (κ1) is 113. The van der Waals surface area contributed by atoms with Crippen LogP contribution in [0.15, 0.2) is 153 Å². The predicted molar refractivity (Wildman–Crippen MR) is 545 cm³/mol. The Hall–Kier alpha value is -6.45. The molecule has 0 amide bonds. The highest BCUT2D eigenvalue weighted by Crippen LogP contribution is 2.51. The maximum absolute atomic E-state index is 5.95. The predicted octanol–water partition coefficient (Wildman–Crippen LogP) is 38.8. The fourth-order valence-corrected chi connectivity index (χ4v) is 20.4. The Morgan fingerprint density at radius 1 is 0.323 bits per heavy atom. The lowest BCUT2D eigenvalue weighted by atomic mass is 9.70. The van der Waals surface area contributed by atoms with Crippen LogP contribution < -0.4 is 9.47 Å². The topological polar surface area (TPSA) is 110 Å². The van der Waals surface area contributed by atoms with Crippen LogP contribution in [0.5, 0.6) is 11.5 Å². The van der Waals surface area contributed by atoms with E-state index >= 15 is 0 Å². The van der Waals surface area contributed by atoms with Gasteiger partial charge in [0.05, 0.1) is 18.8 Å². The maximum atomic E-state index is 5.95. The van der Waals surface area contributed by atoms with E-state index in [0.29, 0.717) is 142 Å². The third-order valence-corrected chi connectivity index (χ3v) is 26.6. The summed E-state index contributed by atoms with van der Waals surface area (Å²) in [6.07, 6.45) is 12.4. The average Bonchev–Trinajstić information content (AvgIpc) is 1.80. The molecule has 6 atom stereocenters. The molecule has 2 fully saturated rings. The van der Waals surface area contributed by atoms with E-state index in [9.17, 15) is 0 Å². The largest absolute Gasteiger partial charge is 0.469 e. The Bertz CT molecular complexity index is 4280. The first-order valence-corrected chi connectivity index (χ1v) is 50.1. The third kappa shape index (κ3) is 36.2. The van der Waals surface area contributed by atoms with Gasteiger partial charge in [0.15, 0.2) is 16.7 Å². The van der Waals surface area contributed by atoms with Gasteiger partial charge in [-0.05, 0) is 287 Å². The number of halogens is 1. The quantitative estimate of drug-likeness (QED) is 0.0552. The molecular formula is C117H189ClO9. The highest BCUT2D eigenvalue weighted by molar-refractivity contribution is 6.28. The van der Waals surface area contributed by atoms with Crippen molar-refractivity contribution in [2.24, 2.45) is 110 Å². The molecule has 0 unspecified atom stereocenters. The second kappa shape index (κ2) is 51.0. The molecule has 0 radical (unpaired) electrons. The van der Waals surface area contributed by atoms with Gasteiger partial charge in [-0.2, -0.15) is 0 Å². The van der Waals surface area contributed by atoms with Crippen molar-refractivity contribution in [3.63, 3.8) is 0 Å². The van der Waals surface area contributed by atoms with E-state index in [2.05, 4.69) is 358 Å². The molecule has 9 nitrogen and oxygen atoms in total. The summed E-state index contributed by atoms with van der Waals surface area (Å²) >= 11 is 5.79. The summed E-state index contributed by atoms with van der Waals surface area (Å²) in [5.41, 5.74) is 7.51. The van der Waals surface area contributed by atoms with Gasteiger partial charge in [-0.3, -0.25) is 0 Å². The molecule has 9 aromatic rings. The number of para-hydroxylation sites is 1. The molecule has 12 rings (SSSR count). The Kier molecular flexibility index (Phi) is 45.3.